The third-order valence-electron chi connectivity index (χ3n) is 2.69. The van der Waals surface area contributed by atoms with Crippen LogP contribution in [0.5, 0.6) is 0 Å². The molecule has 2 atom stereocenters. The third-order valence-corrected chi connectivity index (χ3v) is 2.69. The molecule has 0 spiro atoms. The Balaban J connectivity index is 4.56. The number of carboxylic acids is 1. The molecule has 0 fully saturated rings. The highest BCUT2D eigenvalue weighted by Crippen LogP contribution is 2.20. The van der Waals surface area contributed by atoms with Crippen LogP contribution in [0.1, 0.15) is 19.8 Å². The van der Waals surface area contributed by atoms with E-state index in [9.17, 15) is 9.90 Å². The van der Waals surface area contributed by atoms with E-state index in [4.69, 9.17) is 10.8 Å². The number of aliphatic carboxylic acids is 1. The first-order chi connectivity index (χ1) is 6.37. The Bertz CT molecular complexity index is 196. The van der Waals surface area contributed by atoms with Crippen molar-refractivity contribution in [2.24, 2.45) is 5.73 Å². The standard InChI is InChI=1S/C9H20N2O3/c1-9(8(13)14,11(2)3)7(12)5-4-6-10/h7,12H,4-6,10H2,1-3H3,(H,13,14)/t7?,9-/m0/s1. The normalized spacial score (nSPS) is 17.9. The number of carbonyl (C=O) groups is 1. The van der Waals surface area contributed by atoms with Crippen molar-refractivity contribution in [3.05, 3.63) is 0 Å². The zero-order valence-electron chi connectivity index (χ0n) is 9.03. The van der Waals surface area contributed by atoms with Crippen LogP contribution in [0.25, 0.3) is 0 Å². The first-order valence-electron chi connectivity index (χ1n) is 4.66. The van der Waals surface area contributed by atoms with Gasteiger partial charge in [-0.15, -0.1) is 0 Å². The Hall–Kier alpha value is -0.650. The number of likely N-dealkylation sites (N-methyl/N-ethyl adjacent to an activating group) is 1. The molecule has 0 heterocycles. The van der Waals surface area contributed by atoms with Gasteiger partial charge in [0, 0.05) is 0 Å². The first kappa shape index (κ1) is 13.4. The van der Waals surface area contributed by atoms with Crippen LogP contribution in [0.3, 0.4) is 0 Å². The third kappa shape index (κ3) is 2.67. The van der Waals surface area contributed by atoms with Crippen LogP contribution in [-0.4, -0.2) is 53.4 Å². The number of aliphatic hydroxyl groups excluding tert-OH is 1. The summed E-state index contributed by atoms with van der Waals surface area (Å²) in [6, 6.07) is 0. The van der Waals surface area contributed by atoms with Crippen LogP contribution in [-0.2, 0) is 4.79 Å². The van der Waals surface area contributed by atoms with Crippen LogP contribution in [0, 0.1) is 0 Å². The van der Waals surface area contributed by atoms with Crippen molar-refractivity contribution in [3.63, 3.8) is 0 Å². The molecule has 4 N–H and O–H groups in total. The summed E-state index contributed by atoms with van der Waals surface area (Å²) in [5, 5.41) is 18.8. The van der Waals surface area contributed by atoms with Crippen molar-refractivity contribution in [1.29, 1.82) is 0 Å². The Morgan fingerprint density at radius 1 is 1.57 bits per heavy atom. The van der Waals surface area contributed by atoms with Gasteiger partial charge >= 0.3 is 5.97 Å². The van der Waals surface area contributed by atoms with E-state index in [0.717, 1.165) is 0 Å². The molecule has 0 rings (SSSR count). The first-order valence-corrected chi connectivity index (χ1v) is 4.66. The zero-order chi connectivity index (χ0) is 11.4. The van der Waals surface area contributed by atoms with Gasteiger partial charge in [-0.3, -0.25) is 9.69 Å². The van der Waals surface area contributed by atoms with Gasteiger partial charge in [0.25, 0.3) is 0 Å². The van der Waals surface area contributed by atoms with E-state index in [1.165, 1.54) is 11.8 Å². The van der Waals surface area contributed by atoms with Crippen LogP contribution < -0.4 is 5.73 Å². The number of nitrogens with zero attached hydrogens (tertiary/aromatic N) is 1. The monoisotopic (exact) mass is 204 g/mol. The molecule has 0 radical (unpaired) electrons. The fraction of sp³-hybridized carbons (Fsp3) is 0.889. The summed E-state index contributed by atoms with van der Waals surface area (Å²) in [5.74, 6) is -1.02. The number of hydrogen-bond donors (Lipinski definition) is 3. The number of carboxylic acid groups (broad SMARTS) is 1. The predicted molar refractivity (Wildman–Crippen MR) is 54.0 cm³/mol. The summed E-state index contributed by atoms with van der Waals surface area (Å²) < 4.78 is 0. The van der Waals surface area contributed by atoms with E-state index in [1.807, 2.05) is 0 Å². The van der Waals surface area contributed by atoms with E-state index in [2.05, 4.69) is 0 Å². The van der Waals surface area contributed by atoms with Crippen molar-refractivity contribution in [2.75, 3.05) is 20.6 Å². The van der Waals surface area contributed by atoms with Gasteiger partial charge in [-0.2, -0.15) is 0 Å². The van der Waals surface area contributed by atoms with Gasteiger partial charge in [-0.25, -0.2) is 0 Å². The summed E-state index contributed by atoms with van der Waals surface area (Å²) in [7, 11) is 3.28. The zero-order valence-corrected chi connectivity index (χ0v) is 9.03. The predicted octanol–water partition coefficient (Wildman–Crippen LogP) is -0.509. The number of aliphatic hydroxyl groups is 1. The minimum Gasteiger partial charge on any atom is -0.480 e. The Labute approximate surface area is 84.5 Å². The molecule has 0 aromatic heterocycles. The molecule has 5 nitrogen and oxygen atoms in total. The highest BCUT2D eigenvalue weighted by molar-refractivity contribution is 5.79. The van der Waals surface area contributed by atoms with E-state index >= 15 is 0 Å². The SMILES string of the molecule is CN(C)[C@](C)(C(=O)O)C(O)CCCN. The van der Waals surface area contributed by atoms with Crippen LogP contribution in [0.2, 0.25) is 0 Å². The van der Waals surface area contributed by atoms with E-state index in [-0.39, 0.29) is 0 Å². The van der Waals surface area contributed by atoms with Gasteiger partial charge < -0.3 is 15.9 Å². The van der Waals surface area contributed by atoms with Crippen LogP contribution in [0.15, 0.2) is 0 Å². The fourth-order valence-corrected chi connectivity index (χ4v) is 1.22. The largest absolute Gasteiger partial charge is 0.480 e. The molecule has 0 amide bonds. The molecule has 0 aromatic rings. The van der Waals surface area contributed by atoms with Gasteiger partial charge in [0.2, 0.25) is 0 Å². The summed E-state index contributed by atoms with van der Waals surface area (Å²) in [4.78, 5) is 12.5. The molecule has 0 aliphatic rings. The highest BCUT2D eigenvalue weighted by atomic mass is 16.4. The number of rotatable bonds is 6. The molecular weight excluding hydrogens is 184 g/mol. The second-order valence-corrected chi connectivity index (χ2v) is 3.79. The average molecular weight is 204 g/mol. The van der Waals surface area contributed by atoms with Gasteiger partial charge in [-0.05, 0) is 40.4 Å². The maximum absolute atomic E-state index is 11.0. The smallest absolute Gasteiger partial charge is 0.326 e. The second kappa shape index (κ2) is 5.29. The molecular formula is C9H20N2O3. The van der Waals surface area contributed by atoms with Crippen LogP contribution >= 0.6 is 0 Å². The molecule has 1 unspecified atom stereocenters. The molecule has 5 heteroatoms. The average Bonchev–Trinajstić information content (AvgIpc) is 2.11. The molecule has 14 heavy (non-hydrogen) atoms. The van der Waals surface area contributed by atoms with Gasteiger partial charge in [0.05, 0.1) is 6.10 Å². The molecule has 0 aliphatic carbocycles. The second-order valence-electron chi connectivity index (χ2n) is 3.79. The van der Waals surface area contributed by atoms with Gasteiger partial charge in [0.1, 0.15) is 5.54 Å². The number of hydrogen-bond acceptors (Lipinski definition) is 4. The van der Waals surface area contributed by atoms with Crippen molar-refractivity contribution < 1.29 is 15.0 Å². The summed E-state index contributed by atoms with van der Waals surface area (Å²) >= 11 is 0. The van der Waals surface area contributed by atoms with E-state index < -0.39 is 17.6 Å². The van der Waals surface area contributed by atoms with Crippen molar-refractivity contribution in [2.45, 2.75) is 31.4 Å². The Morgan fingerprint density at radius 2 is 2.07 bits per heavy atom. The molecule has 0 saturated heterocycles. The fourth-order valence-electron chi connectivity index (χ4n) is 1.22. The lowest BCUT2D eigenvalue weighted by atomic mass is 9.90. The van der Waals surface area contributed by atoms with Crippen molar-refractivity contribution in [1.82, 2.24) is 4.90 Å². The minimum absolute atomic E-state index is 0.400. The van der Waals surface area contributed by atoms with Crippen molar-refractivity contribution in [3.8, 4) is 0 Å². The maximum atomic E-state index is 11.0. The molecule has 0 aliphatic heterocycles. The lowest BCUT2D eigenvalue weighted by Crippen LogP contribution is -2.57. The van der Waals surface area contributed by atoms with E-state index in [1.54, 1.807) is 14.1 Å². The van der Waals surface area contributed by atoms with E-state index in [0.29, 0.717) is 19.4 Å². The van der Waals surface area contributed by atoms with Gasteiger partial charge in [-0.1, -0.05) is 0 Å². The Kier molecular flexibility index (Phi) is 5.04. The van der Waals surface area contributed by atoms with Gasteiger partial charge in [0.15, 0.2) is 0 Å². The molecule has 0 saturated carbocycles. The molecule has 84 valence electrons. The molecule has 0 aromatic carbocycles. The van der Waals surface area contributed by atoms with Crippen LogP contribution in [0.4, 0.5) is 0 Å². The summed E-state index contributed by atoms with van der Waals surface area (Å²) in [5.41, 5.74) is 4.06. The van der Waals surface area contributed by atoms with Crippen molar-refractivity contribution >= 4 is 5.97 Å². The minimum atomic E-state index is -1.24. The lowest BCUT2D eigenvalue weighted by molar-refractivity contribution is -0.156. The quantitative estimate of drug-likeness (QED) is 0.542. The topological polar surface area (TPSA) is 86.8 Å². The lowest BCUT2D eigenvalue weighted by Gasteiger charge is -2.36. The Morgan fingerprint density at radius 3 is 2.36 bits per heavy atom. The summed E-state index contributed by atoms with van der Waals surface area (Å²) in [6.07, 6.45) is 0.119. The highest BCUT2D eigenvalue weighted by Gasteiger charge is 2.42. The molecule has 0 bridgehead atoms. The maximum Gasteiger partial charge on any atom is 0.326 e. The summed E-state index contributed by atoms with van der Waals surface area (Å²) in [6.45, 7) is 1.97. The number of nitrogens with two attached hydrogens (primary N) is 1.